The lowest BCUT2D eigenvalue weighted by atomic mass is 9.66. The van der Waals surface area contributed by atoms with Gasteiger partial charge in [0, 0.05) is 30.0 Å². The Kier molecular flexibility index (Phi) is 7.99. The lowest BCUT2D eigenvalue weighted by molar-refractivity contribution is -0.141. The standard InChI is InChI=1S/C30H45N3O4S/c1-27(2,3)19-28(4,5)32-25(36)23-30-15-14-29(6,38-30)21(22(30)26(37)33(23)16-10-11-17-34)24(35)31-18-20-12-8-7-9-13-20/h7-9,12-13,21-23,34H,10-11,14-19H2,1-6H3,(H,31,35)(H,32,36)/t21-,22+,23?,29+,30?/m1/s1. The van der Waals surface area contributed by atoms with E-state index in [1.54, 1.807) is 16.7 Å². The molecule has 38 heavy (non-hydrogen) atoms. The van der Waals surface area contributed by atoms with Gasteiger partial charge in [0.05, 0.1) is 16.6 Å². The van der Waals surface area contributed by atoms with Crippen LogP contribution in [0.25, 0.3) is 0 Å². The van der Waals surface area contributed by atoms with Gasteiger partial charge in [-0.1, -0.05) is 51.1 Å². The number of carbonyl (C=O) groups excluding carboxylic acids is 3. The zero-order valence-corrected chi connectivity index (χ0v) is 24.6. The summed E-state index contributed by atoms with van der Waals surface area (Å²) in [5.41, 5.74) is 0.597. The van der Waals surface area contributed by atoms with Crippen LogP contribution in [-0.2, 0) is 20.9 Å². The first kappa shape index (κ1) is 28.9. The molecule has 1 spiro atoms. The highest BCUT2D eigenvalue weighted by atomic mass is 32.2. The first-order valence-electron chi connectivity index (χ1n) is 14.0. The topological polar surface area (TPSA) is 98.7 Å². The number of rotatable bonds is 10. The average Bonchev–Trinajstić information content (AvgIpc) is 3.37. The van der Waals surface area contributed by atoms with Crippen molar-refractivity contribution in [2.75, 3.05) is 13.2 Å². The van der Waals surface area contributed by atoms with Crippen LogP contribution in [0.4, 0.5) is 0 Å². The van der Waals surface area contributed by atoms with E-state index in [-0.39, 0.29) is 29.7 Å². The van der Waals surface area contributed by atoms with Gasteiger partial charge >= 0.3 is 0 Å². The van der Waals surface area contributed by atoms with Crippen LogP contribution >= 0.6 is 11.8 Å². The molecular weight excluding hydrogens is 498 g/mol. The summed E-state index contributed by atoms with van der Waals surface area (Å²) in [4.78, 5) is 43.6. The second kappa shape index (κ2) is 10.5. The highest BCUT2D eigenvalue weighted by Gasteiger charge is 2.77. The number of nitrogens with one attached hydrogen (secondary N) is 2. The van der Waals surface area contributed by atoms with Crippen molar-refractivity contribution in [3.8, 4) is 0 Å². The number of thioether (sulfide) groups is 1. The Bertz CT molecular complexity index is 1060. The molecule has 2 unspecified atom stereocenters. The molecule has 4 rings (SSSR count). The van der Waals surface area contributed by atoms with Crippen molar-refractivity contribution in [2.45, 2.75) is 101 Å². The van der Waals surface area contributed by atoms with Crippen LogP contribution in [0.2, 0.25) is 0 Å². The second-order valence-corrected chi connectivity index (χ2v) is 15.4. The average molecular weight is 544 g/mol. The van der Waals surface area contributed by atoms with Gasteiger partial charge in [0.2, 0.25) is 17.7 Å². The van der Waals surface area contributed by atoms with E-state index in [0.717, 1.165) is 24.8 Å². The number of unbranched alkanes of at least 4 members (excludes halogenated alkanes) is 1. The third kappa shape index (κ3) is 5.48. The molecule has 0 saturated carbocycles. The van der Waals surface area contributed by atoms with E-state index in [9.17, 15) is 19.5 Å². The van der Waals surface area contributed by atoms with Gasteiger partial charge in [0.25, 0.3) is 0 Å². The van der Waals surface area contributed by atoms with E-state index in [1.165, 1.54) is 0 Å². The normalized spacial score (nSPS) is 30.4. The van der Waals surface area contributed by atoms with Crippen molar-refractivity contribution in [1.29, 1.82) is 0 Å². The Hall–Kier alpha value is -2.06. The van der Waals surface area contributed by atoms with Gasteiger partial charge in [0.1, 0.15) is 6.04 Å². The molecule has 0 radical (unpaired) electrons. The molecule has 7 nitrogen and oxygen atoms in total. The molecule has 3 fully saturated rings. The Morgan fingerprint density at radius 3 is 2.39 bits per heavy atom. The molecule has 3 heterocycles. The van der Waals surface area contributed by atoms with Gasteiger partial charge in [-0.05, 0) is 63.9 Å². The molecule has 3 saturated heterocycles. The van der Waals surface area contributed by atoms with Gasteiger partial charge in [-0.25, -0.2) is 0 Å². The van der Waals surface area contributed by atoms with Crippen LogP contribution in [0.1, 0.15) is 79.2 Å². The van der Waals surface area contributed by atoms with Crippen molar-refractivity contribution < 1.29 is 19.5 Å². The fourth-order valence-corrected chi connectivity index (χ4v) is 9.78. The molecule has 3 amide bonds. The Morgan fingerprint density at radius 2 is 1.76 bits per heavy atom. The van der Waals surface area contributed by atoms with Gasteiger partial charge in [-0.15, -0.1) is 11.8 Å². The van der Waals surface area contributed by atoms with Crippen LogP contribution in [0, 0.1) is 17.3 Å². The summed E-state index contributed by atoms with van der Waals surface area (Å²) < 4.78 is -1.01. The van der Waals surface area contributed by atoms with E-state index < -0.39 is 32.9 Å². The molecule has 3 N–H and O–H groups in total. The summed E-state index contributed by atoms with van der Waals surface area (Å²) in [6.45, 7) is 13.5. The maximum atomic E-state index is 14.1. The molecule has 2 bridgehead atoms. The number of amides is 3. The van der Waals surface area contributed by atoms with Crippen molar-refractivity contribution in [1.82, 2.24) is 15.5 Å². The van der Waals surface area contributed by atoms with Gasteiger partial charge in [0.15, 0.2) is 0 Å². The number of likely N-dealkylation sites (tertiary alicyclic amines) is 1. The summed E-state index contributed by atoms with van der Waals surface area (Å²) in [5, 5.41) is 15.8. The molecule has 5 atom stereocenters. The molecule has 1 aromatic carbocycles. The fourth-order valence-electron chi connectivity index (χ4n) is 7.43. The predicted octanol–water partition coefficient (Wildman–Crippen LogP) is 3.89. The molecule has 3 aliphatic rings. The molecule has 1 aromatic rings. The van der Waals surface area contributed by atoms with Crippen molar-refractivity contribution in [3.63, 3.8) is 0 Å². The summed E-state index contributed by atoms with van der Waals surface area (Å²) in [6.07, 6.45) is 3.51. The van der Waals surface area contributed by atoms with Crippen LogP contribution in [-0.4, -0.2) is 62.0 Å². The Morgan fingerprint density at radius 1 is 1.08 bits per heavy atom. The van der Waals surface area contributed by atoms with Crippen molar-refractivity contribution in [3.05, 3.63) is 35.9 Å². The SMILES string of the molecule is CC(C)(C)CC(C)(C)NC(=O)C1N(CCCCO)C(=O)[C@@H]2[C@H](C(=O)NCc3ccccc3)[C@]3(C)CCC12S3. The summed E-state index contributed by atoms with van der Waals surface area (Å²) in [5.74, 6) is -1.34. The van der Waals surface area contributed by atoms with Gasteiger partial charge in [-0.2, -0.15) is 0 Å². The number of carbonyl (C=O) groups is 3. The molecular formula is C30H45N3O4S. The number of hydrogen-bond donors (Lipinski definition) is 3. The third-order valence-corrected chi connectivity index (χ3v) is 10.3. The van der Waals surface area contributed by atoms with Crippen molar-refractivity contribution in [2.24, 2.45) is 17.3 Å². The summed E-state index contributed by atoms with van der Waals surface area (Å²) in [7, 11) is 0. The smallest absolute Gasteiger partial charge is 0.244 e. The molecule has 210 valence electrons. The summed E-state index contributed by atoms with van der Waals surface area (Å²) in [6, 6.07) is 9.15. The van der Waals surface area contributed by atoms with Crippen LogP contribution in [0.15, 0.2) is 30.3 Å². The highest BCUT2D eigenvalue weighted by Crippen LogP contribution is 2.71. The van der Waals surface area contributed by atoms with Crippen molar-refractivity contribution >= 4 is 29.5 Å². The number of aliphatic hydroxyl groups excluding tert-OH is 1. The van der Waals surface area contributed by atoms with E-state index in [4.69, 9.17) is 0 Å². The zero-order chi connectivity index (χ0) is 27.9. The van der Waals surface area contributed by atoms with Crippen LogP contribution in [0.5, 0.6) is 0 Å². The first-order chi connectivity index (χ1) is 17.7. The monoisotopic (exact) mass is 543 g/mol. The van der Waals surface area contributed by atoms with Crippen LogP contribution in [0.3, 0.4) is 0 Å². The minimum atomic E-state index is -0.628. The number of benzene rings is 1. The Balaban J connectivity index is 1.63. The summed E-state index contributed by atoms with van der Waals surface area (Å²) >= 11 is 1.70. The maximum absolute atomic E-state index is 14.1. The fraction of sp³-hybridized carbons (Fsp3) is 0.700. The predicted molar refractivity (Wildman–Crippen MR) is 151 cm³/mol. The number of hydrogen-bond acceptors (Lipinski definition) is 5. The highest BCUT2D eigenvalue weighted by molar-refractivity contribution is 8.02. The largest absolute Gasteiger partial charge is 0.396 e. The zero-order valence-electron chi connectivity index (χ0n) is 23.8. The third-order valence-electron chi connectivity index (χ3n) is 8.36. The van der Waals surface area contributed by atoms with E-state index in [1.807, 2.05) is 44.2 Å². The van der Waals surface area contributed by atoms with Gasteiger partial charge in [-0.3, -0.25) is 14.4 Å². The molecule has 3 aliphatic heterocycles. The minimum absolute atomic E-state index is 0.0277. The minimum Gasteiger partial charge on any atom is -0.396 e. The van der Waals surface area contributed by atoms with E-state index in [0.29, 0.717) is 25.9 Å². The lowest BCUT2D eigenvalue weighted by Crippen LogP contribution is -2.58. The van der Waals surface area contributed by atoms with E-state index >= 15 is 0 Å². The van der Waals surface area contributed by atoms with Crippen LogP contribution < -0.4 is 10.6 Å². The number of fused-ring (bicyclic) bond motifs is 1. The molecule has 0 aliphatic carbocycles. The molecule has 8 heteroatoms. The Labute approximate surface area is 231 Å². The number of nitrogens with zero attached hydrogens (tertiary/aromatic N) is 1. The second-order valence-electron chi connectivity index (χ2n) is 13.5. The number of aliphatic hydroxyl groups is 1. The van der Waals surface area contributed by atoms with Gasteiger partial charge < -0.3 is 20.6 Å². The first-order valence-corrected chi connectivity index (χ1v) is 14.8. The molecule has 0 aromatic heterocycles. The maximum Gasteiger partial charge on any atom is 0.244 e. The lowest BCUT2D eigenvalue weighted by Gasteiger charge is -2.38. The van der Waals surface area contributed by atoms with E-state index in [2.05, 4.69) is 38.3 Å². The quantitative estimate of drug-likeness (QED) is 0.389.